The predicted octanol–water partition coefficient (Wildman–Crippen LogP) is 4.17. The highest BCUT2D eigenvalue weighted by Crippen LogP contribution is 2.16. The number of nitrogens with one attached hydrogen (secondary N) is 1. The zero-order valence-electron chi connectivity index (χ0n) is 11.7. The molecule has 0 saturated carbocycles. The molecule has 2 aromatic carbocycles. The van der Waals surface area contributed by atoms with E-state index in [2.05, 4.69) is 81.4 Å². The van der Waals surface area contributed by atoms with E-state index in [1.165, 1.54) is 20.1 Å². The number of halogens is 1. The molecule has 0 atom stereocenters. The Kier molecular flexibility index (Phi) is 4.83. The van der Waals surface area contributed by atoms with Gasteiger partial charge in [0.2, 0.25) is 0 Å². The highest BCUT2D eigenvalue weighted by atomic mass is 127. The molecule has 2 nitrogen and oxygen atoms in total. The van der Waals surface area contributed by atoms with Crippen molar-refractivity contribution in [2.75, 3.05) is 6.54 Å². The average molecular weight is 388 g/mol. The van der Waals surface area contributed by atoms with Crippen molar-refractivity contribution >= 4 is 33.5 Å². The van der Waals surface area contributed by atoms with Gasteiger partial charge in [-0.3, -0.25) is 4.98 Å². The van der Waals surface area contributed by atoms with Crippen LogP contribution in [0.5, 0.6) is 0 Å². The Morgan fingerprint density at radius 1 is 0.952 bits per heavy atom. The van der Waals surface area contributed by atoms with Gasteiger partial charge >= 0.3 is 0 Å². The summed E-state index contributed by atoms with van der Waals surface area (Å²) in [6, 6.07) is 19.1. The number of benzene rings is 2. The summed E-state index contributed by atoms with van der Waals surface area (Å²) >= 11 is 2.33. The van der Waals surface area contributed by atoms with Crippen molar-refractivity contribution in [2.24, 2.45) is 0 Å². The molecule has 0 saturated heterocycles. The minimum absolute atomic E-state index is 0.912. The second kappa shape index (κ2) is 7.00. The third kappa shape index (κ3) is 3.80. The molecule has 0 amide bonds. The topological polar surface area (TPSA) is 24.9 Å². The molecule has 1 heterocycles. The Morgan fingerprint density at radius 3 is 2.62 bits per heavy atom. The van der Waals surface area contributed by atoms with Gasteiger partial charge in [-0.2, -0.15) is 0 Å². The molecule has 0 fully saturated rings. The lowest BCUT2D eigenvalue weighted by molar-refractivity contribution is 0.688. The van der Waals surface area contributed by atoms with Crippen LogP contribution in [0.3, 0.4) is 0 Å². The molecule has 3 heteroatoms. The van der Waals surface area contributed by atoms with Gasteiger partial charge in [0.15, 0.2) is 0 Å². The second-order valence-corrected chi connectivity index (χ2v) is 6.29. The maximum absolute atomic E-state index is 4.50. The molecule has 1 N–H and O–H groups in total. The van der Waals surface area contributed by atoms with Crippen molar-refractivity contribution < 1.29 is 0 Å². The van der Waals surface area contributed by atoms with Gasteiger partial charge in [-0.25, -0.2) is 0 Å². The third-order valence-electron chi connectivity index (χ3n) is 3.53. The minimum Gasteiger partial charge on any atom is -0.312 e. The summed E-state index contributed by atoms with van der Waals surface area (Å²) in [5.74, 6) is 0. The molecular weight excluding hydrogens is 371 g/mol. The number of para-hydroxylation sites is 1. The third-order valence-corrected chi connectivity index (χ3v) is 4.25. The molecule has 0 unspecified atom stereocenters. The van der Waals surface area contributed by atoms with Gasteiger partial charge < -0.3 is 5.32 Å². The Bertz CT molecular complexity index is 717. The monoisotopic (exact) mass is 388 g/mol. The molecule has 0 aliphatic rings. The van der Waals surface area contributed by atoms with Gasteiger partial charge in [0, 0.05) is 21.7 Å². The zero-order chi connectivity index (χ0) is 14.5. The lowest BCUT2D eigenvalue weighted by atomic mass is 10.1. The fourth-order valence-electron chi connectivity index (χ4n) is 2.43. The van der Waals surface area contributed by atoms with Crippen LogP contribution in [-0.2, 0) is 13.0 Å². The molecule has 106 valence electrons. The van der Waals surface area contributed by atoms with E-state index in [0.717, 1.165) is 25.0 Å². The fourth-order valence-corrected chi connectivity index (χ4v) is 2.79. The Hall–Kier alpha value is -1.46. The number of fused-ring (bicyclic) bond motifs is 1. The summed E-state index contributed by atoms with van der Waals surface area (Å²) in [6.07, 6.45) is 2.86. The van der Waals surface area contributed by atoms with Gasteiger partial charge in [-0.05, 0) is 64.9 Å². The van der Waals surface area contributed by atoms with Crippen LogP contribution in [0, 0.1) is 3.57 Å². The van der Waals surface area contributed by atoms with Gasteiger partial charge in [-0.15, -0.1) is 0 Å². The summed E-state index contributed by atoms with van der Waals surface area (Å²) in [5.41, 5.74) is 3.76. The van der Waals surface area contributed by atoms with Crippen molar-refractivity contribution in [2.45, 2.75) is 13.0 Å². The molecule has 0 aliphatic carbocycles. The highest BCUT2D eigenvalue weighted by molar-refractivity contribution is 14.1. The normalized spacial score (nSPS) is 10.9. The molecule has 0 aliphatic heterocycles. The van der Waals surface area contributed by atoms with Crippen LogP contribution in [0.4, 0.5) is 0 Å². The van der Waals surface area contributed by atoms with Crippen LogP contribution in [-0.4, -0.2) is 11.5 Å². The van der Waals surface area contributed by atoms with E-state index < -0.39 is 0 Å². The van der Waals surface area contributed by atoms with Crippen molar-refractivity contribution in [3.05, 3.63) is 75.5 Å². The molecule has 21 heavy (non-hydrogen) atoms. The highest BCUT2D eigenvalue weighted by Gasteiger charge is 2.01. The van der Waals surface area contributed by atoms with Crippen molar-refractivity contribution in [3.8, 4) is 0 Å². The summed E-state index contributed by atoms with van der Waals surface area (Å²) < 4.78 is 1.28. The summed E-state index contributed by atoms with van der Waals surface area (Å²) in [7, 11) is 0. The van der Waals surface area contributed by atoms with E-state index in [1.807, 2.05) is 12.3 Å². The van der Waals surface area contributed by atoms with E-state index in [0.29, 0.717) is 0 Å². The molecule has 1 aromatic heterocycles. The number of rotatable bonds is 5. The van der Waals surface area contributed by atoms with E-state index >= 15 is 0 Å². The Morgan fingerprint density at radius 2 is 1.76 bits per heavy atom. The first kappa shape index (κ1) is 14.5. The van der Waals surface area contributed by atoms with Crippen molar-refractivity contribution in [1.29, 1.82) is 0 Å². The Balaban J connectivity index is 1.58. The van der Waals surface area contributed by atoms with Crippen LogP contribution in [0.25, 0.3) is 10.9 Å². The fraction of sp³-hybridized carbons (Fsp3) is 0.167. The quantitative estimate of drug-likeness (QED) is 0.524. The Labute approximate surface area is 138 Å². The van der Waals surface area contributed by atoms with Gasteiger partial charge in [0.1, 0.15) is 0 Å². The first-order valence-electron chi connectivity index (χ1n) is 7.11. The van der Waals surface area contributed by atoms with E-state index in [9.17, 15) is 0 Å². The van der Waals surface area contributed by atoms with Crippen molar-refractivity contribution in [3.63, 3.8) is 0 Å². The standard InChI is InChI=1S/C18H17IN2/c19-17-8-6-14(7-9-17)13-20-12-10-16-4-1-3-15-5-2-11-21-18(15)16/h1-9,11,20H,10,12-13H2. The number of hydrogen-bond acceptors (Lipinski definition) is 2. The smallest absolute Gasteiger partial charge is 0.0734 e. The van der Waals surface area contributed by atoms with Crippen molar-refractivity contribution in [1.82, 2.24) is 10.3 Å². The first-order chi connectivity index (χ1) is 10.3. The summed E-state index contributed by atoms with van der Waals surface area (Å²) in [6.45, 7) is 1.87. The van der Waals surface area contributed by atoms with Crippen LogP contribution >= 0.6 is 22.6 Å². The number of hydrogen-bond donors (Lipinski definition) is 1. The molecule has 0 bridgehead atoms. The van der Waals surface area contributed by atoms with Crippen LogP contribution in [0.2, 0.25) is 0 Å². The lowest BCUT2D eigenvalue weighted by Crippen LogP contribution is -2.16. The maximum Gasteiger partial charge on any atom is 0.0734 e. The largest absolute Gasteiger partial charge is 0.312 e. The zero-order valence-corrected chi connectivity index (χ0v) is 13.9. The average Bonchev–Trinajstić information content (AvgIpc) is 2.53. The lowest BCUT2D eigenvalue weighted by Gasteiger charge is -2.07. The molecule has 3 aromatic rings. The second-order valence-electron chi connectivity index (χ2n) is 5.05. The maximum atomic E-state index is 4.50. The van der Waals surface area contributed by atoms with Crippen LogP contribution < -0.4 is 5.32 Å². The molecule has 0 spiro atoms. The van der Waals surface area contributed by atoms with E-state index in [-0.39, 0.29) is 0 Å². The molecule has 3 rings (SSSR count). The number of aromatic nitrogens is 1. The molecular formula is C18H17IN2. The van der Waals surface area contributed by atoms with Gasteiger partial charge in [-0.1, -0.05) is 36.4 Å². The summed E-state index contributed by atoms with van der Waals surface area (Å²) in [5, 5.41) is 4.72. The van der Waals surface area contributed by atoms with Crippen LogP contribution in [0.1, 0.15) is 11.1 Å². The molecule has 0 radical (unpaired) electrons. The number of pyridine rings is 1. The van der Waals surface area contributed by atoms with Gasteiger partial charge in [0.25, 0.3) is 0 Å². The minimum atomic E-state index is 0.912. The van der Waals surface area contributed by atoms with E-state index in [4.69, 9.17) is 0 Å². The SMILES string of the molecule is Ic1ccc(CNCCc2cccc3cccnc23)cc1. The van der Waals surface area contributed by atoms with E-state index in [1.54, 1.807) is 0 Å². The number of nitrogens with zero attached hydrogens (tertiary/aromatic N) is 1. The summed E-state index contributed by atoms with van der Waals surface area (Å²) in [4.78, 5) is 4.50. The van der Waals surface area contributed by atoms with Crippen LogP contribution in [0.15, 0.2) is 60.8 Å². The predicted molar refractivity (Wildman–Crippen MR) is 96.3 cm³/mol. The van der Waals surface area contributed by atoms with Gasteiger partial charge in [0.05, 0.1) is 5.52 Å². The first-order valence-corrected chi connectivity index (χ1v) is 8.18.